The van der Waals surface area contributed by atoms with Gasteiger partial charge in [-0.05, 0) is 37.3 Å². The molecule has 0 fully saturated rings. The maximum Gasteiger partial charge on any atom is 0.127 e. The average Bonchev–Trinajstić information content (AvgIpc) is 2.81. The van der Waals surface area contributed by atoms with Crippen molar-refractivity contribution in [3.63, 3.8) is 0 Å². The summed E-state index contributed by atoms with van der Waals surface area (Å²) in [7, 11) is 0. The van der Waals surface area contributed by atoms with Crippen LogP contribution in [0.5, 0.6) is 0 Å². The van der Waals surface area contributed by atoms with Crippen LogP contribution >= 0.6 is 15.9 Å². The molecule has 18 heavy (non-hydrogen) atoms. The molecule has 0 saturated carbocycles. The minimum atomic E-state index is -0.170. The highest BCUT2D eigenvalue weighted by Gasteiger charge is 2.03. The van der Waals surface area contributed by atoms with E-state index in [1.54, 1.807) is 12.1 Å². The van der Waals surface area contributed by atoms with Crippen molar-refractivity contribution in [1.29, 1.82) is 0 Å². The topological polar surface area (TPSA) is 17.0 Å². The molecule has 1 aromatic carbocycles. The fourth-order valence-corrected chi connectivity index (χ4v) is 2.33. The van der Waals surface area contributed by atoms with Crippen molar-refractivity contribution < 1.29 is 4.39 Å². The number of hydrogen-bond acceptors (Lipinski definition) is 1. The molecule has 96 valence electrons. The quantitative estimate of drug-likeness (QED) is 0.891. The highest BCUT2D eigenvalue weighted by atomic mass is 79.9. The minimum Gasteiger partial charge on any atom is -0.351 e. The first kappa shape index (κ1) is 13.3. The molecule has 0 atom stereocenters. The zero-order valence-electron chi connectivity index (χ0n) is 10.3. The summed E-state index contributed by atoms with van der Waals surface area (Å²) in [6.45, 7) is 4.33. The number of benzene rings is 1. The molecule has 0 unspecified atom stereocenters. The lowest BCUT2D eigenvalue weighted by Crippen LogP contribution is -2.16. The van der Waals surface area contributed by atoms with E-state index < -0.39 is 0 Å². The van der Waals surface area contributed by atoms with Crippen LogP contribution in [0.3, 0.4) is 0 Å². The summed E-state index contributed by atoms with van der Waals surface area (Å²) in [5, 5.41) is 3.27. The summed E-state index contributed by atoms with van der Waals surface area (Å²) in [6.07, 6.45) is 2.05. The molecule has 1 N–H and O–H groups in total. The van der Waals surface area contributed by atoms with Gasteiger partial charge in [-0.3, -0.25) is 0 Å². The Morgan fingerprint density at radius 1 is 1.28 bits per heavy atom. The highest BCUT2D eigenvalue weighted by Crippen LogP contribution is 2.15. The molecule has 0 amide bonds. The lowest BCUT2D eigenvalue weighted by Gasteiger charge is -2.09. The van der Waals surface area contributed by atoms with Crippen molar-refractivity contribution in [2.75, 3.05) is 0 Å². The molecule has 0 bridgehead atoms. The van der Waals surface area contributed by atoms with Crippen LogP contribution in [-0.2, 0) is 19.6 Å². The van der Waals surface area contributed by atoms with Gasteiger partial charge in [0, 0.05) is 41.6 Å². The average molecular weight is 311 g/mol. The van der Waals surface area contributed by atoms with E-state index in [4.69, 9.17) is 0 Å². The fourth-order valence-electron chi connectivity index (χ4n) is 1.92. The Morgan fingerprint density at radius 3 is 2.89 bits per heavy atom. The maximum absolute atomic E-state index is 13.5. The molecule has 1 aromatic heterocycles. The Balaban J connectivity index is 1.94. The largest absolute Gasteiger partial charge is 0.351 e. The Kier molecular flexibility index (Phi) is 4.55. The zero-order valence-corrected chi connectivity index (χ0v) is 11.9. The van der Waals surface area contributed by atoms with Crippen LogP contribution < -0.4 is 5.32 Å². The molecule has 0 saturated heterocycles. The summed E-state index contributed by atoms with van der Waals surface area (Å²) in [5.74, 6) is -0.170. The predicted molar refractivity (Wildman–Crippen MR) is 74.7 cm³/mol. The molecule has 0 aliphatic rings. The Morgan fingerprint density at radius 2 is 2.11 bits per heavy atom. The molecule has 0 spiro atoms. The van der Waals surface area contributed by atoms with E-state index in [9.17, 15) is 4.39 Å². The second-order valence-electron chi connectivity index (χ2n) is 4.12. The summed E-state index contributed by atoms with van der Waals surface area (Å²) < 4.78 is 16.6. The van der Waals surface area contributed by atoms with Crippen LogP contribution in [0.1, 0.15) is 18.2 Å². The van der Waals surface area contributed by atoms with Gasteiger partial charge in [-0.2, -0.15) is 0 Å². The zero-order chi connectivity index (χ0) is 13.0. The number of aromatic nitrogens is 1. The van der Waals surface area contributed by atoms with Crippen LogP contribution in [0.25, 0.3) is 0 Å². The van der Waals surface area contributed by atoms with Gasteiger partial charge < -0.3 is 9.88 Å². The summed E-state index contributed by atoms with van der Waals surface area (Å²) >= 11 is 3.35. The smallest absolute Gasteiger partial charge is 0.127 e. The van der Waals surface area contributed by atoms with E-state index in [1.165, 1.54) is 11.8 Å². The van der Waals surface area contributed by atoms with Crippen molar-refractivity contribution in [3.8, 4) is 0 Å². The van der Waals surface area contributed by atoms with E-state index in [-0.39, 0.29) is 5.82 Å². The van der Waals surface area contributed by atoms with Crippen molar-refractivity contribution in [1.82, 2.24) is 9.88 Å². The molecular formula is C14H16BrFN2. The van der Waals surface area contributed by atoms with E-state index >= 15 is 0 Å². The SMILES string of the molecule is CCn1cccc1CNCc1cc(Br)ccc1F. The fraction of sp³-hybridized carbons (Fsp3) is 0.286. The normalized spacial score (nSPS) is 10.8. The van der Waals surface area contributed by atoms with Gasteiger partial charge in [0.25, 0.3) is 0 Å². The van der Waals surface area contributed by atoms with Gasteiger partial charge in [0.2, 0.25) is 0 Å². The summed E-state index contributed by atoms with van der Waals surface area (Å²) in [5.41, 5.74) is 1.90. The van der Waals surface area contributed by atoms with Crippen molar-refractivity contribution in [2.45, 2.75) is 26.6 Å². The highest BCUT2D eigenvalue weighted by molar-refractivity contribution is 9.10. The number of hydrogen-bond donors (Lipinski definition) is 1. The van der Waals surface area contributed by atoms with Crippen LogP contribution in [0, 0.1) is 5.82 Å². The third kappa shape index (κ3) is 3.21. The number of nitrogens with one attached hydrogen (secondary N) is 1. The monoisotopic (exact) mass is 310 g/mol. The molecule has 2 rings (SSSR count). The van der Waals surface area contributed by atoms with Crippen molar-refractivity contribution in [2.24, 2.45) is 0 Å². The van der Waals surface area contributed by atoms with Crippen LogP contribution in [-0.4, -0.2) is 4.57 Å². The lowest BCUT2D eigenvalue weighted by molar-refractivity contribution is 0.577. The van der Waals surface area contributed by atoms with Gasteiger partial charge in [0.1, 0.15) is 5.82 Å². The second-order valence-corrected chi connectivity index (χ2v) is 5.04. The Labute approximate surface area is 115 Å². The van der Waals surface area contributed by atoms with Gasteiger partial charge in [-0.15, -0.1) is 0 Å². The molecule has 0 radical (unpaired) electrons. The molecule has 4 heteroatoms. The van der Waals surface area contributed by atoms with Gasteiger partial charge >= 0.3 is 0 Å². The second kappa shape index (κ2) is 6.16. The van der Waals surface area contributed by atoms with Gasteiger partial charge in [-0.25, -0.2) is 4.39 Å². The summed E-state index contributed by atoms with van der Waals surface area (Å²) in [6, 6.07) is 9.10. The predicted octanol–water partition coefficient (Wildman–Crippen LogP) is 3.70. The van der Waals surface area contributed by atoms with Crippen molar-refractivity contribution in [3.05, 3.63) is 58.1 Å². The number of halogens is 2. The van der Waals surface area contributed by atoms with Crippen molar-refractivity contribution >= 4 is 15.9 Å². The van der Waals surface area contributed by atoms with Crippen LogP contribution in [0.4, 0.5) is 4.39 Å². The molecule has 0 aliphatic heterocycles. The molecule has 2 nitrogen and oxygen atoms in total. The first-order valence-electron chi connectivity index (χ1n) is 5.99. The Hall–Kier alpha value is -1.13. The van der Waals surface area contributed by atoms with Crippen LogP contribution in [0.2, 0.25) is 0 Å². The number of aryl methyl sites for hydroxylation is 1. The standard InChI is InChI=1S/C14H16BrFN2/c1-2-18-7-3-4-13(18)10-17-9-11-8-12(15)5-6-14(11)16/h3-8,17H,2,9-10H2,1H3. The summed E-state index contributed by atoms with van der Waals surface area (Å²) in [4.78, 5) is 0. The molecular weight excluding hydrogens is 295 g/mol. The number of nitrogens with zero attached hydrogens (tertiary/aromatic N) is 1. The number of rotatable bonds is 5. The van der Waals surface area contributed by atoms with E-state index in [2.05, 4.69) is 45.0 Å². The molecule has 2 aromatic rings. The molecule has 0 aliphatic carbocycles. The lowest BCUT2D eigenvalue weighted by atomic mass is 10.2. The first-order valence-corrected chi connectivity index (χ1v) is 6.78. The van der Waals surface area contributed by atoms with Gasteiger partial charge in [0.15, 0.2) is 0 Å². The third-order valence-electron chi connectivity index (χ3n) is 2.89. The minimum absolute atomic E-state index is 0.170. The van der Waals surface area contributed by atoms with E-state index in [0.29, 0.717) is 12.1 Å². The van der Waals surface area contributed by atoms with Crippen LogP contribution in [0.15, 0.2) is 41.0 Å². The van der Waals surface area contributed by atoms with Gasteiger partial charge in [-0.1, -0.05) is 15.9 Å². The van der Waals surface area contributed by atoms with Gasteiger partial charge in [0.05, 0.1) is 0 Å². The Bertz CT molecular complexity index is 522. The maximum atomic E-state index is 13.5. The third-order valence-corrected chi connectivity index (χ3v) is 3.39. The molecule has 1 heterocycles. The van der Waals surface area contributed by atoms with E-state index in [1.807, 2.05) is 6.07 Å². The first-order chi connectivity index (χ1) is 8.70. The van der Waals surface area contributed by atoms with E-state index in [0.717, 1.165) is 17.6 Å².